The largest absolute Gasteiger partial charge is 0.465 e. The maximum absolute atomic E-state index is 12.8. The molecule has 0 radical (unpaired) electrons. The molecule has 2 aromatic rings. The fourth-order valence-electron chi connectivity index (χ4n) is 3.42. The number of esters is 1. The Morgan fingerprint density at radius 2 is 1.93 bits per heavy atom. The molecule has 3 rings (SSSR count). The van der Waals surface area contributed by atoms with Gasteiger partial charge in [0.25, 0.3) is 5.69 Å². The Hall–Kier alpha value is -3.28. The van der Waals surface area contributed by atoms with Gasteiger partial charge in [-0.1, -0.05) is 42.5 Å². The van der Waals surface area contributed by atoms with Gasteiger partial charge < -0.3 is 4.74 Å². The minimum atomic E-state index is -1.00. The monoisotopic (exact) mass is 365 g/mol. The van der Waals surface area contributed by atoms with Gasteiger partial charge in [-0.15, -0.1) is 0 Å². The molecule has 0 unspecified atom stereocenters. The van der Waals surface area contributed by atoms with Crippen LogP contribution >= 0.6 is 0 Å². The molecule has 0 N–H and O–H groups in total. The molecular formula is C21H19NO5. The number of benzene rings is 2. The predicted molar refractivity (Wildman–Crippen MR) is 100 cm³/mol. The quantitative estimate of drug-likeness (QED) is 0.347. The Labute approximate surface area is 156 Å². The van der Waals surface area contributed by atoms with Crippen molar-refractivity contribution in [2.75, 3.05) is 6.61 Å². The SMILES string of the molecule is CCOC(=O)[C@H]1C(=O)C=C(c2ccccc2)C[C@H]1c1cccc([N+](=O)[O-])c1. The Balaban J connectivity index is 2.05. The molecule has 1 aliphatic rings. The summed E-state index contributed by atoms with van der Waals surface area (Å²) >= 11 is 0. The van der Waals surface area contributed by atoms with Crippen molar-refractivity contribution < 1.29 is 19.2 Å². The van der Waals surface area contributed by atoms with Crippen LogP contribution in [-0.4, -0.2) is 23.3 Å². The van der Waals surface area contributed by atoms with E-state index in [1.54, 1.807) is 19.1 Å². The van der Waals surface area contributed by atoms with E-state index >= 15 is 0 Å². The molecule has 2 atom stereocenters. The summed E-state index contributed by atoms with van der Waals surface area (Å²) in [4.78, 5) is 35.9. The van der Waals surface area contributed by atoms with Gasteiger partial charge in [0.1, 0.15) is 5.92 Å². The van der Waals surface area contributed by atoms with Gasteiger partial charge in [-0.05, 0) is 36.1 Å². The van der Waals surface area contributed by atoms with Crippen LogP contribution in [0.4, 0.5) is 5.69 Å². The molecule has 27 heavy (non-hydrogen) atoms. The summed E-state index contributed by atoms with van der Waals surface area (Å²) in [6, 6.07) is 15.5. The first-order chi connectivity index (χ1) is 13.0. The van der Waals surface area contributed by atoms with E-state index in [-0.39, 0.29) is 18.1 Å². The molecule has 0 bridgehead atoms. The number of nitro groups is 1. The van der Waals surface area contributed by atoms with E-state index < -0.39 is 22.7 Å². The molecular weight excluding hydrogens is 346 g/mol. The molecule has 0 saturated carbocycles. The summed E-state index contributed by atoms with van der Waals surface area (Å²) in [6.45, 7) is 1.85. The lowest BCUT2D eigenvalue weighted by atomic mass is 9.73. The van der Waals surface area contributed by atoms with Crippen molar-refractivity contribution in [3.63, 3.8) is 0 Å². The molecule has 6 heteroatoms. The van der Waals surface area contributed by atoms with Crippen molar-refractivity contribution in [2.24, 2.45) is 5.92 Å². The second kappa shape index (κ2) is 7.95. The van der Waals surface area contributed by atoms with Crippen molar-refractivity contribution in [3.05, 3.63) is 81.9 Å². The summed E-state index contributed by atoms with van der Waals surface area (Å²) < 4.78 is 5.10. The third-order valence-corrected chi connectivity index (χ3v) is 4.66. The van der Waals surface area contributed by atoms with Crippen LogP contribution in [0.1, 0.15) is 30.4 Å². The van der Waals surface area contributed by atoms with Crippen LogP contribution in [0.15, 0.2) is 60.7 Å². The molecule has 0 amide bonds. The topological polar surface area (TPSA) is 86.5 Å². The maximum Gasteiger partial charge on any atom is 0.317 e. The van der Waals surface area contributed by atoms with Gasteiger partial charge in [0, 0.05) is 18.1 Å². The first kappa shape index (κ1) is 18.5. The number of allylic oxidation sites excluding steroid dienone is 2. The molecule has 2 aromatic carbocycles. The van der Waals surface area contributed by atoms with E-state index in [0.717, 1.165) is 11.1 Å². The number of hydrogen-bond donors (Lipinski definition) is 0. The summed E-state index contributed by atoms with van der Waals surface area (Å²) in [6.07, 6.45) is 1.91. The number of nitrogens with zero attached hydrogens (tertiary/aromatic N) is 1. The second-order valence-corrected chi connectivity index (χ2v) is 6.33. The van der Waals surface area contributed by atoms with Crippen LogP contribution in [0.3, 0.4) is 0 Å². The molecule has 0 heterocycles. The number of ether oxygens (including phenoxy) is 1. The van der Waals surface area contributed by atoms with E-state index in [0.29, 0.717) is 12.0 Å². The van der Waals surface area contributed by atoms with Gasteiger partial charge >= 0.3 is 5.97 Å². The summed E-state index contributed by atoms with van der Waals surface area (Å²) in [5, 5.41) is 11.1. The number of nitro benzene ring substituents is 1. The zero-order valence-corrected chi connectivity index (χ0v) is 14.8. The molecule has 0 fully saturated rings. The minimum Gasteiger partial charge on any atom is -0.465 e. The lowest BCUT2D eigenvalue weighted by molar-refractivity contribution is -0.384. The van der Waals surface area contributed by atoms with E-state index in [1.165, 1.54) is 18.2 Å². The number of ketones is 1. The number of carbonyl (C=O) groups excluding carboxylic acids is 2. The normalized spacial score (nSPS) is 19.3. The highest BCUT2D eigenvalue weighted by molar-refractivity contribution is 6.10. The van der Waals surface area contributed by atoms with Crippen LogP contribution in [0, 0.1) is 16.0 Å². The molecule has 138 valence electrons. The molecule has 0 aliphatic heterocycles. The van der Waals surface area contributed by atoms with Gasteiger partial charge in [0.2, 0.25) is 0 Å². The van der Waals surface area contributed by atoms with Gasteiger partial charge in [-0.25, -0.2) is 0 Å². The van der Waals surface area contributed by atoms with Crippen molar-refractivity contribution in [1.29, 1.82) is 0 Å². The fraction of sp³-hybridized carbons (Fsp3) is 0.238. The zero-order valence-electron chi connectivity index (χ0n) is 14.8. The van der Waals surface area contributed by atoms with Crippen molar-refractivity contribution >= 4 is 23.0 Å². The lowest BCUT2D eigenvalue weighted by Crippen LogP contribution is -2.34. The Morgan fingerprint density at radius 1 is 1.19 bits per heavy atom. The van der Waals surface area contributed by atoms with Crippen LogP contribution < -0.4 is 0 Å². The fourth-order valence-corrected chi connectivity index (χ4v) is 3.42. The second-order valence-electron chi connectivity index (χ2n) is 6.33. The summed E-state index contributed by atoms with van der Waals surface area (Å²) in [5.74, 6) is -2.45. The average Bonchev–Trinajstić information content (AvgIpc) is 2.68. The molecule has 0 saturated heterocycles. The Kier molecular flexibility index (Phi) is 5.45. The molecule has 1 aliphatic carbocycles. The molecule has 0 aromatic heterocycles. The van der Waals surface area contributed by atoms with E-state index in [1.807, 2.05) is 30.3 Å². The summed E-state index contributed by atoms with van der Waals surface area (Å²) in [5.41, 5.74) is 2.21. The van der Waals surface area contributed by atoms with E-state index in [2.05, 4.69) is 0 Å². The Morgan fingerprint density at radius 3 is 2.59 bits per heavy atom. The van der Waals surface area contributed by atoms with Crippen molar-refractivity contribution in [1.82, 2.24) is 0 Å². The minimum absolute atomic E-state index is 0.0710. The highest BCUT2D eigenvalue weighted by Gasteiger charge is 2.40. The maximum atomic E-state index is 12.8. The first-order valence-electron chi connectivity index (χ1n) is 8.72. The number of rotatable bonds is 5. The van der Waals surface area contributed by atoms with Crippen molar-refractivity contribution in [3.8, 4) is 0 Å². The average molecular weight is 365 g/mol. The van der Waals surface area contributed by atoms with E-state index in [9.17, 15) is 19.7 Å². The number of hydrogen-bond acceptors (Lipinski definition) is 5. The number of carbonyl (C=O) groups is 2. The van der Waals surface area contributed by atoms with Crippen LogP contribution in [0.5, 0.6) is 0 Å². The Bertz CT molecular complexity index is 904. The number of non-ortho nitro benzene ring substituents is 1. The molecule has 6 nitrogen and oxygen atoms in total. The van der Waals surface area contributed by atoms with Gasteiger partial charge in [0.05, 0.1) is 11.5 Å². The zero-order chi connectivity index (χ0) is 19.4. The molecule has 0 spiro atoms. The third-order valence-electron chi connectivity index (χ3n) is 4.66. The van der Waals surface area contributed by atoms with Crippen LogP contribution in [0.25, 0.3) is 5.57 Å². The smallest absolute Gasteiger partial charge is 0.317 e. The first-order valence-corrected chi connectivity index (χ1v) is 8.72. The van der Waals surface area contributed by atoms with Gasteiger partial charge in [-0.2, -0.15) is 0 Å². The van der Waals surface area contributed by atoms with Crippen LogP contribution in [0.2, 0.25) is 0 Å². The third kappa shape index (κ3) is 3.95. The van der Waals surface area contributed by atoms with Gasteiger partial charge in [-0.3, -0.25) is 19.7 Å². The van der Waals surface area contributed by atoms with Crippen molar-refractivity contribution in [2.45, 2.75) is 19.3 Å². The van der Waals surface area contributed by atoms with Gasteiger partial charge in [0.15, 0.2) is 5.78 Å². The lowest BCUT2D eigenvalue weighted by Gasteiger charge is -2.29. The highest BCUT2D eigenvalue weighted by atomic mass is 16.6. The summed E-state index contributed by atoms with van der Waals surface area (Å²) in [7, 11) is 0. The van der Waals surface area contributed by atoms with E-state index in [4.69, 9.17) is 4.74 Å². The van der Waals surface area contributed by atoms with Crippen LogP contribution in [-0.2, 0) is 14.3 Å². The predicted octanol–water partition coefficient (Wildman–Crippen LogP) is 3.91. The standard InChI is InChI=1S/C21H19NO5/c1-2-27-21(24)20-18(15-9-6-10-17(11-15)22(25)26)12-16(13-19(20)23)14-7-4-3-5-8-14/h3-11,13,18,20H,2,12H2,1H3/t18-,20+/m0/s1. The highest BCUT2D eigenvalue weighted by Crippen LogP contribution is 2.41.